The number of thioether (sulfide) groups is 2. The molecule has 1 saturated heterocycles. The van der Waals surface area contributed by atoms with E-state index in [2.05, 4.69) is 4.98 Å². The first-order chi connectivity index (χ1) is 10.9. The molecule has 1 aromatic rings. The predicted molar refractivity (Wildman–Crippen MR) is 85.5 cm³/mol. The SMILES string of the molecule is NC1C(=O)N2C(C(=O)O)=C(CSc3scnc3C(=O)O)CS[C@@H]12. The topological polar surface area (TPSA) is 134 Å². The second kappa shape index (κ2) is 6.15. The summed E-state index contributed by atoms with van der Waals surface area (Å²) in [6.45, 7) is 0. The fraction of sp³-hybridized carbons (Fsp3) is 0.333. The molecule has 11 heteroatoms. The Bertz CT molecular complexity index is 731. The minimum atomic E-state index is -1.17. The van der Waals surface area contributed by atoms with Gasteiger partial charge in [0, 0.05) is 11.5 Å². The number of hydrogen-bond acceptors (Lipinski definition) is 8. The third kappa shape index (κ3) is 2.73. The van der Waals surface area contributed by atoms with E-state index in [1.54, 1.807) is 0 Å². The smallest absolute Gasteiger partial charge is 0.356 e. The normalized spacial score (nSPS) is 23.5. The molecule has 8 nitrogen and oxygen atoms in total. The number of carbonyl (C=O) groups is 3. The number of thiazole rings is 1. The second-order valence-electron chi connectivity index (χ2n) is 4.78. The number of rotatable bonds is 5. The Morgan fingerprint density at radius 1 is 1.43 bits per heavy atom. The van der Waals surface area contributed by atoms with Crippen LogP contribution >= 0.6 is 34.9 Å². The van der Waals surface area contributed by atoms with E-state index in [0.29, 0.717) is 15.5 Å². The summed E-state index contributed by atoms with van der Waals surface area (Å²) in [4.78, 5) is 39.4. The van der Waals surface area contributed by atoms with Crippen LogP contribution in [0, 0.1) is 0 Å². The largest absolute Gasteiger partial charge is 0.477 e. The first-order valence-corrected chi connectivity index (χ1v) is 9.28. The summed E-state index contributed by atoms with van der Waals surface area (Å²) in [7, 11) is 0. The molecule has 122 valence electrons. The van der Waals surface area contributed by atoms with E-state index in [9.17, 15) is 19.5 Å². The molecule has 3 heterocycles. The molecule has 23 heavy (non-hydrogen) atoms. The molecule has 1 unspecified atom stereocenters. The van der Waals surface area contributed by atoms with Gasteiger partial charge in [-0.2, -0.15) is 0 Å². The lowest BCUT2D eigenvalue weighted by Crippen LogP contribution is -2.68. The first-order valence-electron chi connectivity index (χ1n) is 6.37. The lowest BCUT2D eigenvalue weighted by atomic mass is 10.0. The maximum absolute atomic E-state index is 11.8. The van der Waals surface area contributed by atoms with Crippen LogP contribution < -0.4 is 5.73 Å². The highest BCUT2D eigenvalue weighted by atomic mass is 32.2. The van der Waals surface area contributed by atoms with Gasteiger partial charge in [-0.1, -0.05) is 0 Å². The van der Waals surface area contributed by atoms with Crippen molar-refractivity contribution in [1.82, 2.24) is 9.88 Å². The Morgan fingerprint density at radius 2 is 2.17 bits per heavy atom. The molecule has 0 bridgehead atoms. The molecular weight excluding hydrogens is 362 g/mol. The standard InChI is InChI=1S/C12H11N3O5S3/c13-5-8(16)15-7(11(19)20)4(1-21-9(5)15)2-22-12-6(10(17)18)14-3-23-12/h3,5,9H,1-2,13H2,(H,17,18)(H,19,20)/t5?,9-/m0/s1. The van der Waals surface area contributed by atoms with Crippen LogP contribution in [0.4, 0.5) is 0 Å². The maximum Gasteiger partial charge on any atom is 0.356 e. The molecule has 0 aromatic carbocycles. The van der Waals surface area contributed by atoms with Crippen LogP contribution in [0.15, 0.2) is 21.0 Å². The van der Waals surface area contributed by atoms with Gasteiger partial charge < -0.3 is 15.9 Å². The van der Waals surface area contributed by atoms with Gasteiger partial charge in [0.25, 0.3) is 0 Å². The van der Waals surface area contributed by atoms with Crippen molar-refractivity contribution in [1.29, 1.82) is 0 Å². The Balaban J connectivity index is 1.83. The number of carbonyl (C=O) groups excluding carboxylic acids is 1. The summed E-state index contributed by atoms with van der Waals surface area (Å²) in [5.41, 5.74) is 7.62. The van der Waals surface area contributed by atoms with Gasteiger partial charge in [0.15, 0.2) is 5.69 Å². The Labute approximate surface area is 142 Å². The molecule has 2 atom stereocenters. The third-order valence-corrected chi connectivity index (χ3v) is 6.98. The van der Waals surface area contributed by atoms with Crippen molar-refractivity contribution in [2.45, 2.75) is 15.6 Å². The van der Waals surface area contributed by atoms with Crippen molar-refractivity contribution in [3.8, 4) is 0 Å². The molecule has 2 aliphatic rings. The molecule has 2 aliphatic heterocycles. The average Bonchev–Trinajstić information content (AvgIpc) is 2.99. The van der Waals surface area contributed by atoms with Crippen LogP contribution in [0.1, 0.15) is 10.5 Å². The van der Waals surface area contributed by atoms with Gasteiger partial charge in [-0.05, 0) is 5.57 Å². The summed E-state index contributed by atoms with van der Waals surface area (Å²) in [5, 5.41) is 18.1. The fourth-order valence-electron chi connectivity index (χ4n) is 2.32. The van der Waals surface area contributed by atoms with E-state index < -0.39 is 23.9 Å². The average molecular weight is 373 g/mol. The molecule has 0 aliphatic carbocycles. The number of carboxylic acid groups (broad SMARTS) is 2. The maximum atomic E-state index is 11.8. The Morgan fingerprint density at radius 3 is 2.83 bits per heavy atom. The van der Waals surface area contributed by atoms with Crippen molar-refractivity contribution in [3.63, 3.8) is 0 Å². The van der Waals surface area contributed by atoms with Gasteiger partial charge >= 0.3 is 11.9 Å². The quantitative estimate of drug-likeness (QED) is 0.498. The highest BCUT2D eigenvalue weighted by molar-refractivity contribution is 8.02. The number of aromatic nitrogens is 1. The van der Waals surface area contributed by atoms with E-state index >= 15 is 0 Å². The zero-order valence-electron chi connectivity index (χ0n) is 11.5. The van der Waals surface area contributed by atoms with Crippen molar-refractivity contribution in [2.75, 3.05) is 11.5 Å². The van der Waals surface area contributed by atoms with Crippen LogP contribution in [0.3, 0.4) is 0 Å². The minimum Gasteiger partial charge on any atom is -0.477 e. The van der Waals surface area contributed by atoms with Crippen molar-refractivity contribution in [3.05, 3.63) is 22.5 Å². The van der Waals surface area contributed by atoms with Crippen LogP contribution in [0.25, 0.3) is 0 Å². The van der Waals surface area contributed by atoms with E-state index in [-0.39, 0.29) is 22.5 Å². The molecule has 1 amide bonds. The van der Waals surface area contributed by atoms with Crippen molar-refractivity contribution < 1.29 is 24.6 Å². The van der Waals surface area contributed by atoms with Gasteiger partial charge in [0.1, 0.15) is 17.1 Å². The summed E-state index contributed by atoms with van der Waals surface area (Å²) in [5.74, 6) is -1.97. The van der Waals surface area contributed by atoms with Crippen molar-refractivity contribution in [2.24, 2.45) is 5.73 Å². The fourth-order valence-corrected chi connectivity index (χ4v) is 5.65. The first kappa shape index (κ1) is 16.3. The second-order valence-corrected chi connectivity index (χ2v) is 7.98. The van der Waals surface area contributed by atoms with E-state index in [1.165, 1.54) is 45.3 Å². The number of nitrogens with two attached hydrogens (primary N) is 1. The van der Waals surface area contributed by atoms with E-state index in [0.717, 1.165) is 0 Å². The molecule has 0 spiro atoms. The number of aliphatic carboxylic acids is 1. The molecule has 1 aromatic heterocycles. The van der Waals surface area contributed by atoms with Crippen molar-refractivity contribution >= 4 is 52.7 Å². The zero-order valence-corrected chi connectivity index (χ0v) is 13.9. The number of carboxylic acids is 2. The molecule has 1 fully saturated rings. The molecule has 4 N–H and O–H groups in total. The van der Waals surface area contributed by atoms with Crippen LogP contribution in [0.5, 0.6) is 0 Å². The minimum absolute atomic E-state index is 0.0330. The molecule has 0 radical (unpaired) electrons. The summed E-state index contributed by atoms with van der Waals surface area (Å²) in [6, 6.07) is -0.663. The number of hydrogen-bond donors (Lipinski definition) is 3. The van der Waals surface area contributed by atoms with Gasteiger partial charge in [0.05, 0.1) is 9.72 Å². The summed E-state index contributed by atoms with van der Waals surface area (Å²) >= 11 is 3.82. The molecule has 3 rings (SSSR count). The lowest BCUT2D eigenvalue weighted by Gasteiger charge is -2.48. The number of fused-ring (bicyclic) bond motifs is 1. The monoisotopic (exact) mass is 373 g/mol. The highest BCUT2D eigenvalue weighted by Gasteiger charge is 2.51. The molecule has 0 saturated carbocycles. The number of nitrogens with zero attached hydrogens (tertiary/aromatic N) is 2. The predicted octanol–water partition coefficient (Wildman–Crippen LogP) is 0.515. The number of aromatic carboxylic acids is 1. The summed E-state index contributed by atoms with van der Waals surface area (Å²) in [6.07, 6.45) is 0. The van der Waals surface area contributed by atoms with Gasteiger partial charge in [0.2, 0.25) is 5.91 Å². The van der Waals surface area contributed by atoms with Gasteiger partial charge in [-0.15, -0.1) is 34.9 Å². The Kier molecular flexibility index (Phi) is 4.36. The molecular formula is C12H11N3O5S3. The van der Waals surface area contributed by atoms with E-state index in [4.69, 9.17) is 10.8 Å². The van der Waals surface area contributed by atoms with Crippen LogP contribution in [0.2, 0.25) is 0 Å². The highest BCUT2D eigenvalue weighted by Crippen LogP contribution is 2.41. The van der Waals surface area contributed by atoms with Gasteiger partial charge in [-0.3, -0.25) is 9.69 Å². The number of amides is 1. The zero-order chi connectivity index (χ0) is 16.7. The Hall–Kier alpha value is -1.56. The summed E-state index contributed by atoms with van der Waals surface area (Å²) < 4.78 is 0.508. The van der Waals surface area contributed by atoms with Crippen LogP contribution in [-0.4, -0.2) is 60.9 Å². The third-order valence-electron chi connectivity index (χ3n) is 3.41. The van der Waals surface area contributed by atoms with Gasteiger partial charge in [-0.25, -0.2) is 14.6 Å². The van der Waals surface area contributed by atoms with E-state index in [1.807, 2.05) is 0 Å². The lowest BCUT2D eigenvalue weighted by molar-refractivity contribution is -0.147. The number of β-lactam (4-membered cyclic amide) rings is 1. The van der Waals surface area contributed by atoms with Crippen LogP contribution in [-0.2, 0) is 9.59 Å².